The molecular formula is C17H16FNO2. The maximum atomic E-state index is 13.3. The molecule has 0 amide bonds. The van der Waals surface area contributed by atoms with Gasteiger partial charge in [-0.25, -0.2) is 9.18 Å². The number of carbonyl (C=O) groups is 1. The van der Waals surface area contributed by atoms with E-state index in [9.17, 15) is 9.18 Å². The smallest absolute Gasteiger partial charge is 0.338 e. The number of hydrogen-bond donors (Lipinski definition) is 2. The second kappa shape index (κ2) is 5.56. The summed E-state index contributed by atoms with van der Waals surface area (Å²) in [6, 6.07) is 14.8. The number of aromatic carboxylic acids is 1. The molecular weight excluding hydrogens is 269 g/mol. The lowest BCUT2D eigenvalue weighted by molar-refractivity contribution is 0.0692. The first-order valence-corrected chi connectivity index (χ1v) is 6.98. The fourth-order valence-corrected chi connectivity index (χ4v) is 2.75. The Morgan fingerprint density at radius 2 is 1.86 bits per heavy atom. The molecule has 0 bridgehead atoms. The minimum atomic E-state index is -1.24. The molecule has 4 heteroatoms. The lowest BCUT2D eigenvalue weighted by atomic mass is 9.76. The molecule has 1 fully saturated rings. The maximum Gasteiger partial charge on any atom is 0.338 e. The molecule has 0 saturated heterocycles. The highest BCUT2D eigenvalue weighted by Gasteiger charge is 2.30. The van der Waals surface area contributed by atoms with Crippen molar-refractivity contribution in [1.82, 2.24) is 0 Å². The van der Waals surface area contributed by atoms with Crippen molar-refractivity contribution in [3.63, 3.8) is 0 Å². The van der Waals surface area contributed by atoms with Gasteiger partial charge in [-0.15, -0.1) is 0 Å². The van der Waals surface area contributed by atoms with Crippen LogP contribution in [-0.4, -0.2) is 17.1 Å². The van der Waals surface area contributed by atoms with Crippen LogP contribution in [0.5, 0.6) is 0 Å². The van der Waals surface area contributed by atoms with E-state index < -0.39 is 11.8 Å². The molecule has 0 atom stereocenters. The number of rotatable bonds is 4. The first-order chi connectivity index (χ1) is 10.1. The minimum absolute atomic E-state index is 0.293. The van der Waals surface area contributed by atoms with Crippen LogP contribution >= 0.6 is 0 Å². The van der Waals surface area contributed by atoms with Crippen LogP contribution in [0.1, 0.15) is 34.7 Å². The van der Waals surface area contributed by atoms with Gasteiger partial charge in [-0.05, 0) is 42.5 Å². The summed E-state index contributed by atoms with van der Waals surface area (Å²) in [7, 11) is 0. The van der Waals surface area contributed by atoms with Crippen LogP contribution in [0.25, 0.3) is 0 Å². The Morgan fingerprint density at radius 1 is 1.14 bits per heavy atom. The van der Waals surface area contributed by atoms with Crippen LogP contribution in [0.2, 0.25) is 0 Å². The van der Waals surface area contributed by atoms with Crippen molar-refractivity contribution in [2.75, 3.05) is 5.32 Å². The predicted octanol–water partition coefficient (Wildman–Crippen LogP) is 3.88. The molecule has 0 unspecified atom stereocenters. The molecule has 21 heavy (non-hydrogen) atoms. The highest BCUT2D eigenvalue weighted by molar-refractivity contribution is 5.89. The Balaban J connectivity index is 1.62. The maximum absolute atomic E-state index is 13.3. The summed E-state index contributed by atoms with van der Waals surface area (Å²) < 4.78 is 13.3. The van der Waals surface area contributed by atoms with Gasteiger partial charge in [0.15, 0.2) is 0 Å². The summed E-state index contributed by atoms with van der Waals surface area (Å²) >= 11 is 0. The van der Waals surface area contributed by atoms with Crippen LogP contribution in [0.4, 0.5) is 10.1 Å². The quantitative estimate of drug-likeness (QED) is 0.896. The Morgan fingerprint density at radius 3 is 2.52 bits per heavy atom. The van der Waals surface area contributed by atoms with Gasteiger partial charge >= 0.3 is 5.97 Å². The molecule has 3 nitrogen and oxygen atoms in total. The zero-order chi connectivity index (χ0) is 14.8. The van der Waals surface area contributed by atoms with Crippen molar-refractivity contribution < 1.29 is 14.3 Å². The van der Waals surface area contributed by atoms with E-state index in [0.717, 1.165) is 12.8 Å². The SMILES string of the molecule is O=C(O)c1cc(NC2CC(c3ccccc3)C2)ccc1F. The number of nitrogens with one attached hydrogen (secondary N) is 1. The Hall–Kier alpha value is -2.36. The number of anilines is 1. The highest BCUT2D eigenvalue weighted by Crippen LogP contribution is 2.38. The average Bonchev–Trinajstić information content (AvgIpc) is 2.44. The number of benzene rings is 2. The normalized spacial score (nSPS) is 20.6. The summed E-state index contributed by atoms with van der Waals surface area (Å²) in [6.07, 6.45) is 2.01. The van der Waals surface area contributed by atoms with Crippen molar-refractivity contribution in [3.05, 3.63) is 65.5 Å². The van der Waals surface area contributed by atoms with E-state index in [2.05, 4.69) is 17.4 Å². The third-order valence-corrected chi connectivity index (χ3v) is 3.98. The van der Waals surface area contributed by atoms with E-state index in [0.29, 0.717) is 17.6 Å². The summed E-state index contributed by atoms with van der Waals surface area (Å²) in [4.78, 5) is 10.9. The lowest BCUT2D eigenvalue weighted by Gasteiger charge is -2.37. The summed E-state index contributed by atoms with van der Waals surface area (Å²) in [5, 5.41) is 12.2. The number of carboxylic acids is 1. The molecule has 0 aromatic heterocycles. The van der Waals surface area contributed by atoms with Gasteiger partial charge in [0.2, 0.25) is 0 Å². The van der Waals surface area contributed by atoms with Crippen LogP contribution in [0.15, 0.2) is 48.5 Å². The predicted molar refractivity (Wildman–Crippen MR) is 79.2 cm³/mol. The zero-order valence-electron chi connectivity index (χ0n) is 11.4. The van der Waals surface area contributed by atoms with Crippen LogP contribution in [0.3, 0.4) is 0 Å². The highest BCUT2D eigenvalue weighted by atomic mass is 19.1. The molecule has 0 spiro atoms. The fraction of sp³-hybridized carbons (Fsp3) is 0.235. The third kappa shape index (κ3) is 2.89. The third-order valence-electron chi connectivity index (χ3n) is 3.98. The van der Waals surface area contributed by atoms with Gasteiger partial charge < -0.3 is 10.4 Å². The lowest BCUT2D eigenvalue weighted by Crippen LogP contribution is -2.34. The molecule has 3 rings (SSSR count). The van der Waals surface area contributed by atoms with E-state index in [1.807, 2.05) is 18.2 Å². The van der Waals surface area contributed by atoms with Gasteiger partial charge in [0.1, 0.15) is 5.82 Å². The van der Waals surface area contributed by atoms with E-state index >= 15 is 0 Å². The summed E-state index contributed by atoms with van der Waals surface area (Å²) in [6.45, 7) is 0. The van der Waals surface area contributed by atoms with Gasteiger partial charge in [0, 0.05) is 11.7 Å². The second-order valence-corrected chi connectivity index (χ2v) is 5.42. The van der Waals surface area contributed by atoms with Crippen LogP contribution in [0, 0.1) is 5.82 Å². The van der Waals surface area contributed by atoms with Crippen molar-refractivity contribution in [1.29, 1.82) is 0 Å². The molecule has 0 aliphatic heterocycles. The second-order valence-electron chi connectivity index (χ2n) is 5.42. The fourth-order valence-electron chi connectivity index (χ4n) is 2.75. The number of hydrogen-bond acceptors (Lipinski definition) is 2. The largest absolute Gasteiger partial charge is 0.478 e. The molecule has 1 aliphatic rings. The Labute approximate surface area is 122 Å². The molecule has 2 aromatic carbocycles. The molecule has 0 heterocycles. The Bertz CT molecular complexity index is 651. The van der Waals surface area contributed by atoms with Gasteiger partial charge in [-0.2, -0.15) is 0 Å². The van der Waals surface area contributed by atoms with Crippen molar-refractivity contribution in [2.45, 2.75) is 24.8 Å². The molecule has 2 N–H and O–H groups in total. The summed E-state index contributed by atoms with van der Waals surface area (Å²) in [5.74, 6) is -1.40. The van der Waals surface area contributed by atoms with Crippen molar-refractivity contribution in [3.8, 4) is 0 Å². The average molecular weight is 285 g/mol. The minimum Gasteiger partial charge on any atom is -0.478 e. The van der Waals surface area contributed by atoms with Gasteiger partial charge in [0.05, 0.1) is 5.56 Å². The Kier molecular flexibility index (Phi) is 3.60. The van der Waals surface area contributed by atoms with Crippen molar-refractivity contribution >= 4 is 11.7 Å². The van der Waals surface area contributed by atoms with Gasteiger partial charge in [0.25, 0.3) is 0 Å². The molecule has 108 valence electrons. The van der Waals surface area contributed by atoms with Crippen LogP contribution in [-0.2, 0) is 0 Å². The standard InChI is InChI=1S/C17H16FNO2/c18-16-7-6-13(10-15(16)17(20)21)19-14-8-12(9-14)11-4-2-1-3-5-11/h1-7,10,12,14,19H,8-9H2,(H,20,21). The molecule has 2 aromatic rings. The van der Waals surface area contributed by atoms with E-state index in [1.165, 1.54) is 17.7 Å². The zero-order valence-corrected chi connectivity index (χ0v) is 11.4. The number of carboxylic acid groups (broad SMARTS) is 1. The first-order valence-electron chi connectivity index (χ1n) is 6.98. The monoisotopic (exact) mass is 285 g/mol. The number of halogens is 1. The molecule has 1 saturated carbocycles. The van der Waals surface area contributed by atoms with Crippen molar-refractivity contribution in [2.24, 2.45) is 0 Å². The van der Waals surface area contributed by atoms with E-state index in [4.69, 9.17) is 5.11 Å². The van der Waals surface area contributed by atoms with Crippen LogP contribution < -0.4 is 5.32 Å². The topological polar surface area (TPSA) is 49.3 Å². The van der Waals surface area contributed by atoms with E-state index in [1.54, 1.807) is 6.07 Å². The van der Waals surface area contributed by atoms with Gasteiger partial charge in [-0.3, -0.25) is 0 Å². The molecule has 1 aliphatic carbocycles. The summed E-state index contributed by atoms with van der Waals surface area (Å²) in [5.41, 5.74) is 1.70. The first kappa shape index (κ1) is 13.6. The molecule has 0 radical (unpaired) electrons. The van der Waals surface area contributed by atoms with Gasteiger partial charge in [-0.1, -0.05) is 30.3 Å². The van der Waals surface area contributed by atoms with E-state index in [-0.39, 0.29) is 5.56 Å².